The van der Waals surface area contributed by atoms with E-state index in [1.807, 2.05) is 0 Å². The molecule has 1 aromatic rings. The number of carbonyl (C=O) groups is 1. The molecule has 1 atom stereocenters. The number of likely N-dealkylation sites (tertiary alicyclic amines) is 1. The molecule has 0 aliphatic carbocycles. The minimum absolute atomic E-state index is 0.117. The zero-order valence-electron chi connectivity index (χ0n) is 15.3. The molecule has 2 aliphatic heterocycles. The molecule has 2 fully saturated rings. The molecule has 0 aromatic heterocycles. The van der Waals surface area contributed by atoms with Crippen LogP contribution in [0.15, 0.2) is 24.3 Å². The van der Waals surface area contributed by atoms with Gasteiger partial charge in [-0.3, -0.25) is 9.69 Å². The van der Waals surface area contributed by atoms with Crippen molar-refractivity contribution in [2.45, 2.75) is 51.5 Å². The molecule has 0 bridgehead atoms. The highest BCUT2D eigenvalue weighted by atomic mass is 16.1. The number of anilines is 1. The van der Waals surface area contributed by atoms with Crippen molar-refractivity contribution < 1.29 is 4.79 Å². The standard InChI is InChI=1S/C20H31N3O/c1-20(2,3)23-12-9-16(10-13-23)15-4-6-18(7-5-15)22-19(24)17-8-11-21-14-17/h4-7,16-17,21H,8-14H2,1-3H3,(H,22,24). The maximum absolute atomic E-state index is 12.2. The Labute approximate surface area is 146 Å². The normalized spacial score (nSPS) is 23.4. The minimum atomic E-state index is 0.117. The summed E-state index contributed by atoms with van der Waals surface area (Å²) in [6.45, 7) is 11.0. The number of hydrogen-bond donors (Lipinski definition) is 2. The Morgan fingerprint density at radius 2 is 1.79 bits per heavy atom. The highest BCUT2D eigenvalue weighted by molar-refractivity contribution is 5.92. The summed E-state index contributed by atoms with van der Waals surface area (Å²) in [7, 11) is 0. The van der Waals surface area contributed by atoms with Crippen LogP contribution in [0.1, 0.15) is 51.5 Å². The average molecular weight is 329 g/mol. The molecule has 2 heterocycles. The summed E-state index contributed by atoms with van der Waals surface area (Å²) in [4.78, 5) is 14.8. The first kappa shape index (κ1) is 17.4. The fraction of sp³-hybridized carbons (Fsp3) is 0.650. The lowest BCUT2D eigenvalue weighted by Crippen LogP contribution is -2.45. The van der Waals surface area contributed by atoms with Gasteiger partial charge in [0.1, 0.15) is 0 Å². The summed E-state index contributed by atoms with van der Waals surface area (Å²) in [6.07, 6.45) is 3.38. The monoisotopic (exact) mass is 329 g/mol. The number of piperidine rings is 1. The number of amides is 1. The first-order valence-electron chi connectivity index (χ1n) is 9.30. The van der Waals surface area contributed by atoms with E-state index in [0.29, 0.717) is 5.92 Å². The Morgan fingerprint density at radius 1 is 1.12 bits per heavy atom. The Kier molecular flexibility index (Phi) is 5.26. The van der Waals surface area contributed by atoms with E-state index in [2.05, 4.69) is 60.6 Å². The molecule has 24 heavy (non-hydrogen) atoms. The zero-order chi connectivity index (χ0) is 17.2. The first-order valence-corrected chi connectivity index (χ1v) is 9.30. The lowest BCUT2D eigenvalue weighted by atomic mass is 9.87. The summed E-state index contributed by atoms with van der Waals surface area (Å²) >= 11 is 0. The summed E-state index contributed by atoms with van der Waals surface area (Å²) < 4.78 is 0. The van der Waals surface area contributed by atoms with Gasteiger partial charge in [0.25, 0.3) is 0 Å². The second-order valence-corrected chi connectivity index (χ2v) is 8.23. The average Bonchev–Trinajstić information content (AvgIpc) is 3.09. The lowest BCUT2D eigenvalue weighted by molar-refractivity contribution is -0.119. The van der Waals surface area contributed by atoms with Crippen LogP contribution in [-0.4, -0.2) is 42.5 Å². The smallest absolute Gasteiger partial charge is 0.228 e. The van der Waals surface area contributed by atoms with E-state index >= 15 is 0 Å². The van der Waals surface area contributed by atoms with Crippen molar-refractivity contribution in [2.75, 3.05) is 31.5 Å². The van der Waals surface area contributed by atoms with E-state index in [9.17, 15) is 4.79 Å². The van der Waals surface area contributed by atoms with Gasteiger partial charge in [-0.05, 0) is 83.3 Å². The largest absolute Gasteiger partial charge is 0.326 e. The third kappa shape index (κ3) is 4.17. The Morgan fingerprint density at radius 3 is 2.33 bits per heavy atom. The quantitative estimate of drug-likeness (QED) is 0.895. The van der Waals surface area contributed by atoms with Gasteiger partial charge in [-0.2, -0.15) is 0 Å². The molecule has 3 rings (SSSR count). The van der Waals surface area contributed by atoms with Gasteiger partial charge < -0.3 is 10.6 Å². The molecule has 132 valence electrons. The Balaban J connectivity index is 1.54. The molecule has 4 nitrogen and oxygen atoms in total. The number of benzene rings is 1. The van der Waals surface area contributed by atoms with Crippen molar-refractivity contribution in [2.24, 2.45) is 5.92 Å². The van der Waals surface area contributed by atoms with Crippen LogP contribution < -0.4 is 10.6 Å². The van der Waals surface area contributed by atoms with Crippen LogP contribution in [-0.2, 0) is 4.79 Å². The maximum atomic E-state index is 12.2. The Bertz CT molecular complexity index is 547. The molecule has 1 aromatic carbocycles. The van der Waals surface area contributed by atoms with Crippen LogP contribution in [0.2, 0.25) is 0 Å². The second-order valence-electron chi connectivity index (χ2n) is 8.23. The number of nitrogens with zero attached hydrogens (tertiary/aromatic N) is 1. The highest BCUT2D eigenvalue weighted by Crippen LogP contribution is 2.31. The molecule has 2 N–H and O–H groups in total. The number of carbonyl (C=O) groups excluding carboxylic acids is 1. The van der Waals surface area contributed by atoms with Crippen molar-refractivity contribution in [1.82, 2.24) is 10.2 Å². The van der Waals surface area contributed by atoms with Crippen LogP contribution >= 0.6 is 0 Å². The van der Waals surface area contributed by atoms with Gasteiger partial charge in [0.2, 0.25) is 5.91 Å². The molecule has 2 aliphatic rings. The van der Waals surface area contributed by atoms with Gasteiger partial charge in [0.15, 0.2) is 0 Å². The molecular weight excluding hydrogens is 298 g/mol. The van der Waals surface area contributed by atoms with Gasteiger partial charge in [-0.1, -0.05) is 12.1 Å². The maximum Gasteiger partial charge on any atom is 0.228 e. The van der Waals surface area contributed by atoms with Crippen LogP contribution in [0.25, 0.3) is 0 Å². The molecule has 0 saturated carbocycles. The van der Waals surface area contributed by atoms with Crippen molar-refractivity contribution in [3.8, 4) is 0 Å². The van der Waals surface area contributed by atoms with Crippen molar-refractivity contribution in [3.63, 3.8) is 0 Å². The molecule has 4 heteroatoms. The summed E-state index contributed by atoms with van der Waals surface area (Å²) in [6, 6.07) is 8.51. The van der Waals surface area contributed by atoms with Crippen LogP contribution in [0.4, 0.5) is 5.69 Å². The zero-order valence-corrected chi connectivity index (χ0v) is 15.3. The van der Waals surface area contributed by atoms with E-state index < -0.39 is 0 Å². The number of hydrogen-bond acceptors (Lipinski definition) is 3. The predicted octanol–water partition coefficient (Wildman–Crippen LogP) is 3.21. The van der Waals surface area contributed by atoms with E-state index in [-0.39, 0.29) is 17.4 Å². The molecule has 1 unspecified atom stereocenters. The first-order chi connectivity index (χ1) is 11.4. The molecule has 0 spiro atoms. The van der Waals surface area contributed by atoms with Gasteiger partial charge >= 0.3 is 0 Å². The van der Waals surface area contributed by atoms with Crippen molar-refractivity contribution in [1.29, 1.82) is 0 Å². The minimum Gasteiger partial charge on any atom is -0.326 e. The van der Waals surface area contributed by atoms with E-state index in [1.165, 1.54) is 31.5 Å². The number of rotatable bonds is 3. The van der Waals surface area contributed by atoms with Crippen LogP contribution in [0, 0.1) is 5.92 Å². The summed E-state index contributed by atoms with van der Waals surface area (Å²) in [5, 5.41) is 6.29. The molecular formula is C20H31N3O. The van der Waals surface area contributed by atoms with Gasteiger partial charge in [-0.15, -0.1) is 0 Å². The second kappa shape index (κ2) is 7.24. The van der Waals surface area contributed by atoms with Crippen LogP contribution in [0.5, 0.6) is 0 Å². The van der Waals surface area contributed by atoms with E-state index in [1.54, 1.807) is 0 Å². The topological polar surface area (TPSA) is 44.4 Å². The van der Waals surface area contributed by atoms with E-state index in [4.69, 9.17) is 0 Å². The van der Waals surface area contributed by atoms with Crippen LogP contribution in [0.3, 0.4) is 0 Å². The molecule has 0 radical (unpaired) electrons. The van der Waals surface area contributed by atoms with Crippen molar-refractivity contribution >= 4 is 11.6 Å². The Hall–Kier alpha value is -1.39. The van der Waals surface area contributed by atoms with Crippen molar-refractivity contribution in [3.05, 3.63) is 29.8 Å². The fourth-order valence-corrected chi connectivity index (χ4v) is 3.85. The number of nitrogens with one attached hydrogen (secondary N) is 2. The molecule has 1 amide bonds. The highest BCUT2D eigenvalue weighted by Gasteiger charge is 2.27. The molecule has 2 saturated heterocycles. The lowest BCUT2D eigenvalue weighted by Gasteiger charge is -2.41. The predicted molar refractivity (Wildman–Crippen MR) is 99.3 cm³/mol. The fourth-order valence-electron chi connectivity index (χ4n) is 3.85. The SMILES string of the molecule is CC(C)(C)N1CCC(c2ccc(NC(=O)C3CCNC3)cc2)CC1. The summed E-state index contributed by atoms with van der Waals surface area (Å²) in [5.41, 5.74) is 2.60. The van der Waals surface area contributed by atoms with Gasteiger partial charge in [0, 0.05) is 17.8 Å². The third-order valence-electron chi connectivity index (χ3n) is 5.52. The van der Waals surface area contributed by atoms with Gasteiger partial charge in [-0.25, -0.2) is 0 Å². The van der Waals surface area contributed by atoms with E-state index in [0.717, 1.165) is 25.2 Å². The summed E-state index contributed by atoms with van der Waals surface area (Å²) in [5.74, 6) is 0.907. The van der Waals surface area contributed by atoms with Gasteiger partial charge in [0.05, 0.1) is 5.92 Å². The third-order valence-corrected chi connectivity index (χ3v) is 5.52.